The smallest absolute Gasteiger partial charge is 0.303 e. The van der Waals surface area contributed by atoms with E-state index in [9.17, 15) is 4.79 Å². The molecule has 0 aliphatic heterocycles. The molecule has 4 nitrogen and oxygen atoms in total. The standard InChI is InChI=1S/C15H21ClO4/c1-3-7-19-13-10-14(20-8-4-2)12(16)9-11(13)5-6-15(17)18/h9-10H,3-8H2,1-2H3,(H,17,18). The Morgan fingerprint density at radius 2 is 1.75 bits per heavy atom. The number of carboxylic acids is 1. The molecule has 0 saturated heterocycles. The Bertz CT molecular complexity index is 446. The number of aryl methyl sites for hydroxylation is 1. The number of ether oxygens (including phenoxy) is 2. The highest BCUT2D eigenvalue weighted by Gasteiger charge is 2.12. The van der Waals surface area contributed by atoms with Crippen LogP contribution in [0.1, 0.15) is 38.7 Å². The topological polar surface area (TPSA) is 55.8 Å². The minimum absolute atomic E-state index is 0.0496. The molecule has 20 heavy (non-hydrogen) atoms. The lowest BCUT2D eigenvalue weighted by Crippen LogP contribution is -2.04. The molecule has 0 aromatic heterocycles. The molecule has 1 rings (SSSR count). The van der Waals surface area contributed by atoms with Crippen molar-refractivity contribution in [3.8, 4) is 11.5 Å². The van der Waals surface area contributed by atoms with Crippen LogP contribution in [-0.2, 0) is 11.2 Å². The third-order valence-electron chi connectivity index (χ3n) is 2.65. The van der Waals surface area contributed by atoms with Crippen LogP contribution >= 0.6 is 11.6 Å². The maximum Gasteiger partial charge on any atom is 0.303 e. The largest absolute Gasteiger partial charge is 0.493 e. The van der Waals surface area contributed by atoms with Crippen molar-refractivity contribution in [3.05, 3.63) is 22.7 Å². The van der Waals surface area contributed by atoms with Gasteiger partial charge in [-0.1, -0.05) is 25.4 Å². The predicted molar refractivity (Wildman–Crippen MR) is 79.0 cm³/mol. The number of carboxylic acid groups (broad SMARTS) is 1. The summed E-state index contributed by atoms with van der Waals surface area (Å²) >= 11 is 6.16. The Labute approximate surface area is 124 Å². The molecule has 0 unspecified atom stereocenters. The molecule has 0 bridgehead atoms. The van der Waals surface area contributed by atoms with Crippen molar-refractivity contribution in [1.29, 1.82) is 0 Å². The first-order valence-corrected chi connectivity index (χ1v) is 7.26. The van der Waals surface area contributed by atoms with Gasteiger partial charge in [0.25, 0.3) is 0 Å². The van der Waals surface area contributed by atoms with E-state index in [1.54, 1.807) is 12.1 Å². The first kappa shape index (κ1) is 16.6. The number of hydrogen-bond acceptors (Lipinski definition) is 3. The monoisotopic (exact) mass is 300 g/mol. The van der Waals surface area contributed by atoms with Crippen LogP contribution in [0.2, 0.25) is 5.02 Å². The molecule has 5 heteroatoms. The normalized spacial score (nSPS) is 10.3. The molecule has 1 aromatic carbocycles. The molecule has 0 aliphatic rings. The number of carbonyl (C=O) groups is 1. The van der Waals surface area contributed by atoms with Crippen LogP contribution in [-0.4, -0.2) is 24.3 Å². The summed E-state index contributed by atoms with van der Waals surface area (Å²) in [6.07, 6.45) is 2.21. The first-order chi connectivity index (χ1) is 9.58. The summed E-state index contributed by atoms with van der Waals surface area (Å²) in [6.45, 7) is 5.20. The highest BCUT2D eigenvalue weighted by atomic mass is 35.5. The van der Waals surface area contributed by atoms with Crippen molar-refractivity contribution in [1.82, 2.24) is 0 Å². The summed E-state index contributed by atoms with van der Waals surface area (Å²) < 4.78 is 11.2. The maximum absolute atomic E-state index is 10.7. The molecule has 112 valence electrons. The molecule has 1 N–H and O–H groups in total. The van der Waals surface area contributed by atoms with Gasteiger partial charge in [0.2, 0.25) is 0 Å². The van der Waals surface area contributed by atoms with Crippen molar-refractivity contribution in [3.63, 3.8) is 0 Å². The van der Waals surface area contributed by atoms with Crippen LogP contribution in [0.15, 0.2) is 12.1 Å². The van der Waals surface area contributed by atoms with E-state index in [-0.39, 0.29) is 6.42 Å². The Hall–Kier alpha value is -1.42. The zero-order valence-corrected chi connectivity index (χ0v) is 12.7. The van der Waals surface area contributed by atoms with Crippen LogP contribution in [0.4, 0.5) is 0 Å². The van der Waals surface area contributed by atoms with Gasteiger partial charge >= 0.3 is 5.97 Å². The zero-order valence-electron chi connectivity index (χ0n) is 11.9. The number of halogens is 1. The SMILES string of the molecule is CCCOc1cc(OCCC)c(CCC(=O)O)cc1Cl. The molecule has 0 heterocycles. The van der Waals surface area contributed by atoms with Gasteiger partial charge in [-0.15, -0.1) is 0 Å². The summed E-state index contributed by atoms with van der Waals surface area (Å²) in [6, 6.07) is 3.49. The second kappa shape index (κ2) is 8.69. The third kappa shape index (κ3) is 5.29. The molecule has 0 radical (unpaired) electrons. The third-order valence-corrected chi connectivity index (χ3v) is 2.94. The second-order valence-corrected chi connectivity index (χ2v) is 4.89. The minimum Gasteiger partial charge on any atom is -0.493 e. The average Bonchev–Trinajstić information content (AvgIpc) is 2.42. The van der Waals surface area contributed by atoms with Crippen LogP contribution in [0.25, 0.3) is 0 Å². The van der Waals surface area contributed by atoms with Crippen LogP contribution < -0.4 is 9.47 Å². The van der Waals surface area contributed by atoms with Crippen molar-refractivity contribution in [2.45, 2.75) is 39.5 Å². The zero-order chi connectivity index (χ0) is 15.0. The fraction of sp³-hybridized carbons (Fsp3) is 0.533. The lowest BCUT2D eigenvalue weighted by molar-refractivity contribution is -0.136. The van der Waals surface area contributed by atoms with Gasteiger partial charge in [-0.05, 0) is 30.9 Å². The summed E-state index contributed by atoms with van der Waals surface area (Å²) in [4.78, 5) is 10.7. The second-order valence-electron chi connectivity index (χ2n) is 4.48. The Balaban J connectivity index is 2.94. The van der Waals surface area contributed by atoms with E-state index in [0.717, 1.165) is 18.4 Å². The first-order valence-electron chi connectivity index (χ1n) is 6.88. The molecule has 0 saturated carbocycles. The Morgan fingerprint density at radius 3 is 2.30 bits per heavy atom. The van der Waals surface area contributed by atoms with E-state index in [1.165, 1.54) is 0 Å². The minimum atomic E-state index is -0.839. The fourth-order valence-electron chi connectivity index (χ4n) is 1.68. The van der Waals surface area contributed by atoms with Gasteiger partial charge in [-0.3, -0.25) is 4.79 Å². The number of rotatable bonds is 9. The summed E-state index contributed by atoms with van der Waals surface area (Å²) in [5.41, 5.74) is 0.801. The van der Waals surface area contributed by atoms with Crippen molar-refractivity contribution in [2.75, 3.05) is 13.2 Å². The molecule has 0 atom stereocenters. The van der Waals surface area contributed by atoms with E-state index in [2.05, 4.69) is 0 Å². The van der Waals surface area contributed by atoms with Gasteiger partial charge in [0.15, 0.2) is 0 Å². The van der Waals surface area contributed by atoms with E-state index in [1.807, 2.05) is 13.8 Å². The predicted octanol–water partition coefficient (Wildman–Crippen LogP) is 3.93. The van der Waals surface area contributed by atoms with Gasteiger partial charge in [-0.2, -0.15) is 0 Å². The summed E-state index contributed by atoms with van der Waals surface area (Å²) in [5, 5.41) is 9.27. The van der Waals surface area contributed by atoms with E-state index >= 15 is 0 Å². The number of aliphatic carboxylic acids is 1. The van der Waals surface area contributed by atoms with Crippen molar-refractivity contribution >= 4 is 17.6 Å². The van der Waals surface area contributed by atoms with E-state index in [4.69, 9.17) is 26.2 Å². The lowest BCUT2D eigenvalue weighted by Gasteiger charge is -2.14. The molecule has 0 aliphatic carbocycles. The van der Waals surface area contributed by atoms with E-state index in [0.29, 0.717) is 36.2 Å². The molecular formula is C15H21ClO4. The van der Waals surface area contributed by atoms with Crippen LogP contribution in [0.3, 0.4) is 0 Å². The van der Waals surface area contributed by atoms with Crippen molar-refractivity contribution in [2.24, 2.45) is 0 Å². The number of hydrogen-bond donors (Lipinski definition) is 1. The van der Waals surface area contributed by atoms with Gasteiger partial charge in [0.1, 0.15) is 11.5 Å². The number of benzene rings is 1. The lowest BCUT2D eigenvalue weighted by atomic mass is 10.1. The van der Waals surface area contributed by atoms with Crippen LogP contribution in [0, 0.1) is 0 Å². The highest BCUT2D eigenvalue weighted by Crippen LogP contribution is 2.33. The molecule has 0 spiro atoms. The van der Waals surface area contributed by atoms with Gasteiger partial charge < -0.3 is 14.6 Å². The molecule has 1 aromatic rings. The fourth-order valence-corrected chi connectivity index (χ4v) is 1.92. The van der Waals surface area contributed by atoms with Crippen molar-refractivity contribution < 1.29 is 19.4 Å². The molecular weight excluding hydrogens is 280 g/mol. The van der Waals surface area contributed by atoms with Gasteiger partial charge in [-0.25, -0.2) is 0 Å². The quantitative estimate of drug-likeness (QED) is 0.750. The van der Waals surface area contributed by atoms with Crippen LogP contribution in [0.5, 0.6) is 11.5 Å². The summed E-state index contributed by atoms with van der Waals surface area (Å²) in [7, 11) is 0. The van der Waals surface area contributed by atoms with Gasteiger partial charge in [0.05, 0.1) is 18.2 Å². The van der Waals surface area contributed by atoms with E-state index < -0.39 is 5.97 Å². The Kier molecular flexibility index (Phi) is 7.23. The maximum atomic E-state index is 10.7. The molecule has 0 fully saturated rings. The Morgan fingerprint density at radius 1 is 1.15 bits per heavy atom. The highest BCUT2D eigenvalue weighted by molar-refractivity contribution is 6.32. The molecule has 0 amide bonds. The van der Waals surface area contributed by atoms with Gasteiger partial charge in [0, 0.05) is 12.5 Å². The summed E-state index contributed by atoms with van der Waals surface area (Å²) in [5.74, 6) is 0.399. The average molecular weight is 301 g/mol.